The van der Waals surface area contributed by atoms with E-state index in [0.29, 0.717) is 24.7 Å². The number of amides is 1. The van der Waals surface area contributed by atoms with Gasteiger partial charge in [-0.25, -0.2) is 0 Å². The quantitative estimate of drug-likeness (QED) is 0.827. The van der Waals surface area contributed by atoms with Crippen molar-refractivity contribution in [3.8, 4) is 11.5 Å². The number of carbonyl (C=O) groups is 1. The molecule has 0 unspecified atom stereocenters. The largest absolute Gasteiger partial charge is 0.490 e. The van der Waals surface area contributed by atoms with Gasteiger partial charge in [0.25, 0.3) is 0 Å². The van der Waals surface area contributed by atoms with Crippen molar-refractivity contribution in [1.29, 1.82) is 0 Å². The minimum Gasteiger partial charge on any atom is -0.490 e. The second-order valence-electron chi connectivity index (χ2n) is 5.20. The average molecular weight is 299 g/mol. The molecule has 2 aromatic rings. The molecule has 0 saturated carbocycles. The minimum absolute atomic E-state index is 0.123. The van der Waals surface area contributed by atoms with E-state index in [0.717, 1.165) is 5.75 Å². The lowest BCUT2D eigenvalue weighted by Crippen LogP contribution is -2.12. The van der Waals surface area contributed by atoms with E-state index in [-0.39, 0.29) is 5.91 Å². The van der Waals surface area contributed by atoms with Gasteiger partial charge in [0.2, 0.25) is 5.91 Å². The number of nitrogens with one attached hydrogen (secondary N) is 1. The highest BCUT2D eigenvalue weighted by Crippen LogP contribution is 2.23. The van der Waals surface area contributed by atoms with Crippen molar-refractivity contribution in [2.45, 2.75) is 20.8 Å². The minimum atomic E-state index is -0.123. The summed E-state index contributed by atoms with van der Waals surface area (Å²) in [5.74, 6) is 1.36. The number of aryl methyl sites for hydroxylation is 2. The van der Waals surface area contributed by atoms with Crippen LogP contribution in [0.5, 0.6) is 11.5 Å². The van der Waals surface area contributed by atoms with Gasteiger partial charge >= 0.3 is 0 Å². The Morgan fingerprint density at radius 2 is 1.64 bits per heavy atom. The van der Waals surface area contributed by atoms with Crippen LogP contribution in [0.3, 0.4) is 0 Å². The fourth-order valence-electron chi connectivity index (χ4n) is 2.21. The fourth-order valence-corrected chi connectivity index (χ4v) is 2.21. The molecule has 0 fully saturated rings. The molecular weight excluding hydrogens is 278 g/mol. The van der Waals surface area contributed by atoms with Crippen LogP contribution >= 0.6 is 0 Å². The standard InChI is InChI=1S/C18H21NO3/c1-13-10-14(2)12-16(11-13)21-8-9-22-18-7-5-4-6-17(18)19-15(3)20/h4-7,10-12H,8-9H2,1-3H3,(H,19,20). The van der Waals surface area contributed by atoms with E-state index in [2.05, 4.69) is 11.4 Å². The molecule has 0 spiro atoms. The number of hydrogen-bond acceptors (Lipinski definition) is 3. The van der Waals surface area contributed by atoms with Crippen LogP contribution in [-0.4, -0.2) is 19.1 Å². The molecule has 0 heterocycles. The first-order valence-corrected chi connectivity index (χ1v) is 7.25. The Morgan fingerprint density at radius 1 is 1.00 bits per heavy atom. The van der Waals surface area contributed by atoms with E-state index in [1.807, 2.05) is 50.2 Å². The number of para-hydroxylation sites is 2. The summed E-state index contributed by atoms with van der Waals surface area (Å²) in [5.41, 5.74) is 3.01. The summed E-state index contributed by atoms with van der Waals surface area (Å²) in [6.07, 6.45) is 0. The van der Waals surface area contributed by atoms with Crippen LogP contribution in [0.4, 0.5) is 5.69 Å². The second kappa shape index (κ2) is 7.50. The van der Waals surface area contributed by atoms with Crippen molar-refractivity contribution in [3.05, 3.63) is 53.6 Å². The summed E-state index contributed by atoms with van der Waals surface area (Å²) in [6, 6.07) is 13.4. The van der Waals surface area contributed by atoms with E-state index in [4.69, 9.17) is 9.47 Å². The average Bonchev–Trinajstić information content (AvgIpc) is 2.43. The van der Waals surface area contributed by atoms with Crippen LogP contribution in [0.25, 0.3) is 0 Å². The molecule has 22 heavy (non-hydrogen) atoms. The molecule has 116 valence electrons. The smallest absolute Gasteiger partial charge is 0.221 e. The number of rotatable bonds is 6. The van der Waals surface area contributed by atoms with Gasteiger partial charge in [0.1, 0.15) is 24.7 Å². The Balaban J connectivity index is 1.87. The van der Waals surface area contributed by atoms with Crippen molar-refractivity contribution in [2.75, 3.05) is 18.5 Å². The third-order valence-electron chi connectivity index (χ3n) is 3.00. The van der Waals surface area contributed by atoms with Gasteiger partial charge in [-0.1, -0.05) is 18.2 Å². The van der Waals surface area contributed by atoms with Gasteiger partial charge in [-0.2, -0.15) is 0 Å². The number of carbonyl (C=O) groups excluding carboxylic acids is 1. The first-order valence-electron chi connectivity index (χ1n) is 7.25. The molecule has 0 saturated heterocycles. The number of ether oxygens (including phenoxy) is 2. The number of benzene rings is 2. The van der Waals surface area contributed by atoms with Gasteiger partial charge in [0.15, 0.2) is 0 Å². The maximum atomic E-state index is 11.2. The highest BCUT2D eigenvalue weighted by molar-refractivity contribution is 5.90. The molecule has 0 bridgehead atoms. The zero-order valence-electron chi connectivity index (χ0n) is 13.2. The van der Waals surface area contributed by atoms with Crippen molar-refractivity contribution >= 4 is 11.6 Å². The van der Waals surface area contributed by atoms with Gasteiger partial charge in [0.05, 0.1) is 5.69 Å². The van der Waals surface area contributed by atoms with Crippen LogP contribution in [0.1, 0.15) is 18.1 Å². The van der Waals surface area contributed by atoms with Crippen molar-refractivity contribution < 1.29 is 14.3 Å². The van der Waals surface area contributed by atoms with Crippen molar-refractivity contribution in [1.82, 2.24) is 0 Å². The predicted molar refractivity (Wildman–Crippen MR) is 87.7 cm³/mol. The molecule has 0 aliphatic heterocycles. The van der Waals surface area contributed by atoms with E-state index >= 15 is 0 Å². The topological polar surface area (TPSA) is 47.6 Å². The molecule has 4 heteroatoms. The Kier molecular flexibility index (Phi) is 5.42. The third-order valence-corrected chi connectivity index (χ3v) is 3.00. The molecule has 0 atom stereocenters. The molecule has 1 N–H and O–H groups in total. The molecule has 2 aromatic carbocycles. The zero-order chi connectivity index (χ0) is 15.9. The Morgan fingerprint density at radius 3 is 2.32 bits per heavy atom. The molecular formula is C18H21NO3. The maximum Gasteiger partial charge on any atom is 0.221 e. The Labute approximate surface area is 131 Å². The highest BCUT2D eigenvalue weighted by Gasteiger charge is 2.04. The molecule has 0 radical (unpaired) electrons. The third kappa shape index (κ3) is 4.81. The van der Waals surface area contributed by atoms with E-state index in [1.165, 1.54) is 18.1 Å². The lowest BCUT2D eigenvalue weighted by Gasteiger charge is -2.12. The Bertz CT molecular complexity index is 632. The molecule has 0 aliphatic carbocycles. The fraction of sp³-hybridized carbons (Fsp3) is 0.278. The summed E-state index contributed by atoms with van der Waals surface area (Å²) >= 11 is 0. The van der Waals surface area contributed by atoms with E-state index in [9.17, 15) is 4.79 Å². The predicted octanol–water partition coefficient (Wildman–Crippen LogP) is 3.72. The normalized spacial score (nSPS) is 10.1. The zero-order valence-corrected chi connectivity index (χ0v) is 13.2. The lowest BCUT2D eigenvalue weighted by atomic mass is 10.1. The molecule has 1 amide bonds. The molecule has 0 aliphatic rings. The summed E-state index contributed by atoms with van der Waals surface area (Å²) in [5, 5.41) is 2.74. The summed E-state index contributed by atoms with van der Waals surface area (Å²) in [4.78, 5) is 11.2. The highest BCUT2D eigenvalue weighted by atomic mass is 16.5. The number of hydrogen-bond donors (Lipinski definition) is 1. The summed E-state index contributed by atoms with van der Waals surface area (Å²) < 4.78 is 11.4. The van der Waals surface area contributed by atoms with Gasteiger partial charge in [-0.05, 0) is 49.2 Å². The van der Waals surface area contributed by atoms with Gasteiger partial charge in [-0.3, -0.25) is 4.79 Å². The van der Waals surface area contributed by atoms with E-state index < -0.39 is 0 Å². The molecule has 4 nitrogen and oxygen atoms in total. The second-order valence-corrected chi connectivity index (χ2v) is 5.20. The van der Waals surface area contributed by atoms with Crippen LogP contribution in [0.15, 0.2) is 42.5 Å². The van der Waals surface area contributed by atoms with Gasteiger partial charge in [-0.15, -0.1) is 0 Å². The monoisotopic (exact) mass is 299 g/mol. The molecule has 2 rings (SSSR count). The van der Waals surface area contributed by atoms with Crippen molar-refractivity contribution in [3.63, 3.8) is 0 Å². The van der Waals surface area contributed by atoms with Gasteiger partial charge in [0, 0.05) is 6.92 Å². The molecule has 0 aromatic heterocycles. The Hall–Kier alpha value is -2.49. The summed E-state index contributed by atoms with van der Waals surface area (Å²) in [7, 11) is 0. The van der Waals surface area contributed by atoms with Gasteiger partial charge < -0.3 is 14.8 Å². The SMILES string of the molecule is CC(=O)Nc1ccccc1OCCOc1cc(C)cc(C)c1. The summed E-state index contributed by atoms with van der Waals surface area (Å²) in [6.45, 7) is 6.40. The van der Waals surface area contributed by atoms with Crippen LogP contribution < -0.4 is 14.8 Å². The van der Waals surface area contributed by atoms with Crippen LogP contribution in [-0.2, 0) is 4.79 Å². The van der Waals surface area contributed by atoms with Crippen LogP contribution in [0.2, 0.25) is 0 Å². The van der Waals surface area contributed by atoms with Crippen molar-refractivity contribution in [2.24, 2.45) is 0 Å². The maximum absolute atomic E-state index is 11.2. The number of anilines is 1. The first-order chi connectivity index (χ1) is 10.5. The van der Waals surface area contributed by atoms with E-state index in [1.54, 1.807) is 0 Å². The van der Waals surface area contributed by atoms with Crippen LogP contribution in [0, 0.1) is 13.8 Å². The lowest BCUT2D eigenvalue weighted by molar-refractivity contribution is -0.114. The first kappa shape index (κ1) is 15.9.